The molecule has 4 heteroatoms. The molecule has 1 atom stereocenters. The standard InChI is InChI=1S/C14H25N3S/c1-13(2,3)15-8-6-7-11-16-17-12(18-11)10-9-14(10,4)5/h10,15H,6-9H2,1-5H3. The zero-order valence-electron chi connectivity index (χ0n) is 12.2. The Hall–Kier alpha value is -0.480. The zero-order chi connectivity index (χ0) is 13.4. The van der Waals surface area contributed by atoms with E-state index in [2.05, 4.69) is 50.1 Å². The average Bonchev–Trinajstić information content (AvgIpc) is 2.70. The molecule has 0 bridgehead atoms. The highest BCUT2D eigenvalue weighted by molar-refractivity contribution is 7.11. The molecule has 0 spiro atoms. The van der Waals surface area contributed by atoms with E-state index in [1.807, 2.05) is 11.3 Å². The number of nitrogens with one attached hydrogen (secondary N) is 1. The smallest absolute Gasteiger partial charge is 0.121 e. The van der Waals surface area contributed by atoms with Crippen molar-refractivity contribution >= 4 is 11.3 Å². The highest BCUT2D eigenvalue weighted by Crippen LogP contribution is 2.58. The monoisotopic (exact) mass is 267 g/mol. The Labute approximate surface area is 114 Å². The summed E-state index contributed by atoms with van der Waals surface area (Å²) in [6.07, 6.45) is 3.46. The number of aryl methyl sites for hydroxylation is 1. The Balaban J connectivity index is 1.74. The molecule has 18 heavy (non-hydrogen) atoms. The summed E-state index contributed by atoms with van der Waals surface area (Å²) in [7, 11) is 0. The van der Waals surface area contributed by atoms with Gasteiger partial charge in [-0.2, -0.15) is 0 Å². The van der Waals surface area contributed by atoms with Gasteiger partial charge in [-0.15, -0.1) is 21.5 Å². The molecule has 0 saturated heterocycles. The van der Waals surface area contributed by atoms with Crippen molar-refractivity contribution in [1.82, 2.24) is 15.5 Å². The van der Waals surface area contributed by atoms with Gasteiger partial charge in [-0.3, -0.25) is 0 Å². The van der Waals surface area contributed by atoms with Crippen LogP contribution in [0.1, 0.15) is 63.4 Å². The third-order valence-corrected chi connectivity index (χ3v) is 4.61. The Morgan fingerprint density at radius 3 is 2.56 bits per heavy atom. The van der Waals surface area contributed by atoms with Crippen LogP contribution in [0.15, 0.2) is 0 Å². The van der Waals surface area contributed by atoms with E-state index in [0.29, 0.717) is 11.3 Å². The second-order valence-electron chi connectivity index (χ2n) is 7.06. The summed E-state index contributed by atoms with van der Waals surface area (Å²) in [5.74, 6) is 0.663. The fourth-order valence-corrected chi connectivity index (χ4v) is 3.30. The number of rotatable bonds is 5. The fourth-order valence-electron chi connectivity index (χ4n) is 2.10. The number of nitrogens with zero attached hydrogens (tertiary/aromatic N) is 2. The van der Waals surface area contributed by atoms with Crippen LogP contribution in [0, 0.1) is 5.41 Å². The second kappa shape index (κ2) is 4.89. The van der Waals surface area contributed by atoms with E-state index in [1.165, 1.54) is 16.4 Å². The maximum Gasteiger partial charge on any atom is 0.121 e. The molecule has 1 aromatic heterocycles. The molecule has 1 aromatic rings. The molecule has 1 unspecified atom stereocenters. The van der Waals surface area contributed by atoms with Crippen LogP contribution >= 0.6 is 11.3 Å². The van der Waals surface area contributed by atoms with Crippen molar-refractivity contribution in [3.63, 3.8) is 0 Å². The van der Waals surface area contributed by atoms with Gasteiger partial charge in [0.25, 0.3) is 0 Å². The van der Waals surface area contributed by atoms with Gasteiger partial charge in [0.1, 0.15) is 10.0 Å². The van der Waals surface area contributed by atoms with Gasteiger partial charge < -0.3 is 5.32 Å². The van der Waals surface area contributed by atoms with E-state index in [9.17, 15) is 0 Å². The molecule has 0 aromatic carbocycles. The van der Waals surface area contributed by atoms with Crippen LogP contribution in [0.5, 0.6) is 0 Å². The van der Waals surface area contributed by atoms with Crippen molar-refractivity contribution in [2.45, 2.75) is 65.3 Å². The molecule has 1 aliphatic rings. The molecule has 1 saturated carbocycles. The lowest BCUT2D eigenvalue weighted by Gasteiger charge is -2.20. The number of hydrogen-bond donors (Lipinski definition) is 1. The highest BCUT2D eigenvalue weighted by atomic mass is 32.1. The van der Waals surface area contributed by atoms with Crippen LogP contribution in [-0.4, -0.2) is 22.3 Å². The van der Waals surface area contributed by atoms with Crippen molar-refractivity contribution < 1.29 is 0 Å². The molecule has 2 rings (SSSR count). The summed E-state index contributed by atoms with van der Waals surface area (Å²) in [4.78, 5) is 0. The number of hydrogen-bond acceptors (Lipinski definition) is 4. The SMILES string of the molecule is CC(C)(C)NCCCc1nnc(C2CC2(C)C)s1. The molecule has 0 amide bonds. The first-order valence-electron chi connectivity index (χ1n) is 6.85. The minimum absolute atomic E-state index is 0.213. The topological polar surface area (TPSA) is 37.8 Å². The minimum Gasteiger partial charge on any atom is -0.312 e. The summed E-state index contributed by atoms with van der Waals surface area (Å²) in [5, 5.41) is 14.6. The van der Waals surface area contributed by atoms with Crippen molar-refractivity contribution in [1.29, 1.82) is 0 Å². The predicted molar refractivity (Wildman–Crippen MR) is 77.1 cm³/mol. The lowest BCUT2D eigenvalue weighted by atomic mass is 10.1. The van der Waals surface area contributed by atoms with E-state index in [4.69, 9.17) is 0 Å². The van der Waals surface area contributed by atoms with Crippen molar-refractivity contribution in [2.24, 2.45) is 5.41 Å². The summed E-state index contributed by atoms with van der Waals surface area (Å²) in [6.45, 7) is 12.3. The molecule has 0 aliphatic heterocycles. The van der Waals surface area contributed by atoms with Crippen molar-refractivity contribution in [3.8, 4) is 0 Å². The lowest BCUT2D eigenvalue weighted by Crippen LogP contribution is -2.36. The van der Waals surface area contributed by atoms with Gasteiger partial charge in [0.15, 0.2) is 0 Å². The fraction of sp³-hybridized carbons (Fsp3) is 0.857. The zero-order valence-corrected chi connectivity index (χ0v) is 13.0. The molecule has 3 nitrogen and oxygen atoms in total. The van der Waals surface area contributed by atoms with Gasteiger partial charge in [0.2, 0.25) is 0 Å². The Morgan fingerprint density at radius 1 is 1.33 bits per heavy atom. The third kappa shape index (κ3) is 3.75. The third-order valence-electron chi connectivity index (χ3n) is 3.52. The second-order valence-corrected chi connectivity index (χ2v) is 8.15. The van der Waals surface area contributed by atoms with Crippen LogP contribution < -0.4 is 5.32 Å². The normalized spacial score (nSPS) is 22.2. The molecule has 0 radical (unpaired) electrons. The molecule has 1 N–H and O–H groups in total. The lowest BCUT2D eigenvalue weighted by molar-refractivity contribution is 0.422. The van der Waals surface area contributed by atoms with E-state index in [0.717, 1.165) is 19.4 Å². The maximum atomic E-state index is 4.35. The molecule has 1 fully saturated rings. The molecular formula is C14H25N3S. The van der Waals surface area contributed by atoms with Gasteiger partial charge in [-0.1, -0.05) is 13.8 Å². The van der Waals surface area contributed by atoms with E-state index in [1.54, 1.807) is 0 Å². The summed E-state index contributed by atoms with van der Waals surface area (Å²) in [6, 6.07) is 0. The van der Waals surface area contributed by atoms with Crippen LogP contribution in [0.25, 0.3) is 0 Å². The van der Waals surface area contributed by atoms with E-state index in [-0.39, 0.29) is 5.54 Å². The van der Waals surface area contributed by atoms with Gasteiger partial charge in [0.05, 0.1) is 0 Å². The molecular weight excluding hydrogens is 242 g/mol. The average molecular weight is 267 g/mol. The van der Waals surface area contributed by atoms with Gasteiger partial charge in [-0.05, 0) is 45.6 Å². The minimum atomic E-state index is 0.213. The van der Waals surface area contributed by atoms with E-state index >= 15 is 0 Å². The molecule has 1 aliphatic carbocycles. The van der Waals surface area contributed by atoms with Crippen LogP contribution in [0.4, 0.5) is 0 Å². The van der Waals surface area contributed by atoms with Gasteiger partial charge in [-0.25, -0.2) is 0 Å². The van der Waals surface area contributed by atoms with Crippen LogP contribution in [0.2, 0.25) is 0 Å². The Bertz CT molecular complexity index is 403. The predicted octanol–water partition coefficient (Wildman–Crippen LogP) is 3.37. The highest BCUT2D eigenvalue weighted by Gasteiger charge is 2.48. The van der Waals surface area contributed by atoms with Crippen molar-refractivity contribution in [2.75, 3.05) is 6.54 Å². The Morgan fingerprint density at radius 2 is 2.00 bits per heavy atom. The number of aromatic nitrogens is 2. The van der Waals surface area contributed by atoms with Gasteiger partial charge in [0, 0.05) is 17.9 Å². The van der Waals surface area contributed by atoms with Gasteiger partial charge >= 0.3 is 0 Å². The Kier molecular flexibility index (Phi) is 3.79. The van der Waals surface area contributed by atoms with Crippen molar-refractivity contribution in [3.05, 3.63) is 10.0 Å². The first-order chi connectivity index (χ1) is 8.28. The van der Waals surface area contributed by atoms with Crippen LogP contribution in [0.3, 0.4) is 0 Å². The van der Waals surface area contributed by atoms with Crippen LogP contribution in [-0.2, 0) is 6.42 Å². The largest absolute Gasteiger partial charge is 0.312 e. The summed E-state index contributed by atoms with van der Waals surface area (Å²) >= 11 is 1.81. The quantitative estimate of drug-likeness (QED) is 0.831. The first kappa shape index (κ1) is 13.9. The maximum absolute atomic E-state index is 4.35. The summed E-state index contributed by atoms with van der Waals surface area (Å²) in [5.41, 5.74) is 0.676. The first-order valence-corrected chi connectivity index (χ1v) is 7.67. The molecule has 1 heterocycles. The van der Waals surface area contributed by atoms with E-state index < -0.39 is 0 Å². The summed E-state index contributed by atoms with van der Waals surface area (Å²) < 4.78 is 0. The molecule has 102 valence electrons.